The first-order chi connectivity index (χ1) is 15.2. The summed E-state index contributed by atoms with van der Waals surface area (Å²) in [6, 6.07) is 6.55. The van der Waals surface area contributed by atoms with Crippen LogP contribution in [0, 0.1) is 6.92 Å². The molecule has 33 heavy (non-hydrogen) atoms. The molecule has 0 unspecified atom stereocenters. The number of aromatic nitrogens is 2. The zero-order valence-electron chi connectivity index (χ0n) is 16.3. The number of H-pyrrole nitrogens is 1. The van der Waals surface area contributed by atoms with E-state index in [0.29, 0.717) is 10.2 Å². The number of hydrogen-bond acceptors (Lipinski definition) is 8. The van der Waals surface area contributed by atoms with Crippen molar-refractivity contribution >= 4 is 49.2 Å². The lowest BCUT2D eigenvalue weighted by molar-refractivity contribution is 0.0690. The number of carbonyl (C=O) groups is 1. The Labute approximate surface area is 190 Å². The molecule has 13 nitrogen and oxygen atoms in total. The molecule has 0 saturated heterocycles. The van der Waals surface area contributed by atoms with Gasteiger partial charge in [-0.3, -0.25) is 19.0 Å². The van der Waals surface area contributed by atoms with Gasteiger partial charge in [0, 0.05) is 0 Å². The second-order valence-electron chi connectivity index (χ2n) is 6.52. The topological polar surface area (TPSA) is 209 Å². The first-order valence-electron chi connectivity index (χ1n) is 8.56. The zero-order chi connectivity index (χ0) is 24.7. The van der Waals surface area contributed by atoms with Crippen LogP contribution < -0.4 is 5.56 Å². The van der Waals surface area contributed by atoms with E-state index in [1.807, 2.05) is 0 Å². The van der Waals surface area contributed by atoms with Gasteiger partial charge in [-0.15, -0.1) is 10.2 Å². The Kier molecular flexibility index (Phi) is 6.27. The second-order valence-corrected chi connectivity index (χ2v) is 9.74. The van der Waals surface area contributed by atoms with Crippen LogP contribution >= 0.6 is 11.6 Å². The summed E-state index contributed by atoms with van der Waals surface area (Å²) in [7, 11) is -9.29. The summed E-state index contributed by atoms with van der Waals surface area (Å²) >= 11 is 6.00. The van der Waals surface area contributed by atoms with Crippen LogP contribution in [0.1, 0.15) is 16.1 Å². The van der Waals surface area contributed by atoms with Crippen molar-refractivity contribution < 1.29 is 35.8 Å². The van der Waals surface area contributed by atoms with Gasteiger partial charge < -0.3 is 5.11 Å². The van der Waals surface area contributed by atoms with Crippen molar-refractivity contribution in [3.8, 4) is 5.69 Å². The number of halogens is 1. The molecule has 174 valence electrons. The molecule has 2 aromatic carbocycles. The lowest BCUT2D eigenvalue weighted by Gasteiger charge is -2.05. The quantitative estimate of drug-likeness (QED) is 0.280. The van der Waals surface area contributed by atoms with Gasteiger partial charge in [0.15, 0.2) is 11.4 Å². The number of aromatic amines is 1. The van der Waals surface area contributed by atoms with E-state index in [1.165, 1.54) is 13.0 Å². The van der Waals surface area contributed by atoms with Gasteiger partial charge in [-0.2, -0.15) is 16.8 Å². The third-order valence-electron chi connectivity index (χ3n) is 4.17. The third kappa shape index (κ3) is 5.01. The minimum absolute atomic E-state index is 0.0108. The molecular weight excluding hydrogens is 504 g/mol. The molecule has 0 aliphatic carbocycles. The molecule has 1 aromatic heterocycles. The number of carboxylic acid groups (broad SMARTS) is 1. The van der Waals surface area contributed by atoms with Crippen molar-refractivity contribution in [3.05, 3.63) is 63.0 Å². The Morgan fingerprint density at radius 1 is 1.00 bits per heavy atom. The Balaban J connectivity index is 2.17. The predicted molar refractivity (Wildman–Crippen MR) is 113 cm³/mol. The Morgan fingerprint density at radius 3 is 2.09 bits per heavy atom. The molecule has 1 heterocycles. The number of aromatic carboxylic acids is 1. The second kappa shape index (κ2) is 8.53. The van der Waals surface area contributed by atoms with Crippen LogP contribution in [0.3, 0.4) is 0 Å². The Hall–Kier alpha value is -3.37. The van der Waals surface area contributed by atoms with Crippen LogP contribution in [-0.4, -0.2) is 46.8 Å². The van der Waals surface area contributed by atoms with Crippen LogP contribution in [0.2, 0.25) is 5.02 Å². The molecule has 0 atom stereocenters. The van der Waals surface area contributed by atoms with Crippen molar-refractivity contribution in [2.75, 3.05) is 0 Å². The van der Waals surface area contributed by atoms with Crippen LogP contribution in [0.5, 0.6) is 0 Å². The van der Waals surface area contributed by atoms with Gasteiger partial charge >= 0.3 is 5.97 Å². The highest BCUT2D eigenvalue weighted by Crippen LogP contribution is 2.35. The first kappa shape index (κ1) is 24.3. The van der Waals surface area contributed by atoms with Gasteiger partial charge in [0.1, 0.15) is 10.6 Å². The van der Waals surface area contributed by atoms with Crippen molar-refractivity contribution in [2.45, 2.75) is 16.7 Å². The average Bonchev–Trinajstić information content (AvgIpc) is 3.02. The monoisotopic (exact) mass is 516 g/mol. The fraction of sp³-hybridized carbons (Fsp3) is 0.0588. The van der Waals surface area contributed by atoms with E-state index in [-0.39, 0.29) is 10.7 Å². The maximum Gasteiger partial charge on any atom is 0.356 e. The van der Waals surface area contributed by atoms with Crippen LogP contribution in [0.25, 0.3) is 5.69 Å². The molecule has 0 amide bonds. The lowest BCUT2D eigenvalue weighted by Crippen LogP contribution is -2.14. The summed E-state index contributed by atoms with van der Waals surface area (Å²) in [6.45, 7) is 1.50. The van der Waals surface area contributed by atoms with Crippen molar-refractivity contribution in [1.29, 1.82) is 0 Å². The van der Waals surface area contributed by atoms with E-state index in [0.717, 1.165) is 30.3 Å². The molecule has 0 bridgehead atoms. The Morgan fingerprint density at radius 2 is 1.58 bits per heavy atom. The van der Waals surface area contributed by atoms with Crippen LogP contribution in [0.15, 0.2) is 61.2 Å². The van der Waals surface area contributed by atoms with Crippen LogP contribution in [-0.2, 0) is 20.2 Å². The summed E-state index contributed by atoms with van der Waals surface area (Å²) in [5.74, 6) is -1.61. The fourth-order valence-electron chi connectivity index (χ4n) is 2.72. The number of aryl methyl sites for hydroxylation is 1. The molecule has 0 aliphatic heterocycles. The highest BCUT2D eigenvalue weighted by Gasteiger charge is 2.23. The van der Waals surface area contributed by atoms with Crippen molar-refractivity contribution in [1.82, 2.24) is 9.78 Å². The summed E-state index contributed by atoms with van der Waals surface area (Å²) in [6.07, 6.45) is 0. The number of rotatable bonds is 6. The van der Waals surface area contributed by atoms with Gasteiger partial charge in [-0.25, -0.2) is 9.48 Å². The zero-order valence-corrected chi connectivity index (χ0v) is 18.7. The number of nitrogens with one attached hydrogen (secondary N) is 1. The van der Waals surface area contributed by atoms with E-state index in [4.69, 9.17) is 16.2 Å². The molecule has 0 aliphatic rings. The van der Waals surface area contributed by atoms with E-state index >= 15 is 0 Å². The minimum atomic E-state index is -4.79. The van der Waals surface area contributed by atoms with E-state index in [9.17, 15) is 36.1 Å². The van der Waals surface area contributed by atoms with Gasteiger partial charge in [0.05, 0.1) is 15.6 Å². The first-order valence-corrected chi connectivity index (χ1v) is 11.8. The van der Waals surface area contributed by atoms with Crippen molar-refractivity contribution in [3.63, 3.8) is 0 Å². The molecule has 3 aromatic rings. The number of carboxylic acids is 1. The molecule has 16 heteroatoms. The van der Waals surface area contributed by atoms with E-state index in [1.54, 1.807) is 0 Å². The SMILES string of the molecule is Cc1cc(Cl)c(N=Nc2c(C(=O)O)[nH]n(-c3ccc(S(=O)(=O)O)cc3)c2=O)c(S(=O)(=O)O)c1. The fourth-order valence-corrected chi connectivity index (χ4v) is 4.29. The molecule has 0 radical (unpaired) electrons. The summed E-state index contributed by atoms with van der Waals surface area (Å²) < 4.78 is 64.9. The highest BCUT2D eigenvalue weighted by atomic mass is 35.5. The smallest absolute Gasteiger partial charge is 0.356 e. The molecule has 0 saturated carbocycles. The van der Waals surface area contributed by atoms with E-state index < -0.39 is 58.6 Å². The predicted octanol–water partition coefficient (Wildman–Crippen LogP) is 2.73. The normalized spacial score (nSPS) is 12.4. The van der Waals surface area contributed by atoms with Crippen molar-refractivity contribution in [2.24, 2.45) is 10.2 Å². The maximum absolute atomic E-state index is 12.8. The highest BCUT2D eigenvalue weighted by molar-refractivity contribution is 7.86. The summed E-state index contributed by atoms with van der Waals surface area (Å²) in [4.78, 5) is 23.2. The van der Waals surface area contributed by atoms with Crippen LogP contribution in [0.4, 0.5) is 11.4 Å². The minimum Gasteiger partial charge on any atom is -0.476 e. The molecular formula is C17H13ClN4O9S2. The number of azo groups is 1. The largest absolute Gasteiger partial charge is 0.476 e. The van der Waals surface area contributed by atoms with Gasteiger partial charge in [-0.05, 0) is 48.9 Å². The number of benzene rings is 2. The van der Waals surface area contributed by atoms with Gasteiger partial charge in [-0.1, -0.05) is 11.6 Å². The van der Waals surface area contributed by atoms with E-state index in [2.05, 4.69) is 15.3 Å². The molecule has 4 N–H and O–H groups in total. The number of hydrogen-bond donors (Lipinski definition) is 4. The Bertz CT molecular complexity index is 1570. The van der Waals surface area contributed by atoms with Gasteiger partial charge in [0.2, 0.25) is 0 Å². The van der Waals surface area contributed by atoms with Gasteiger partial charge in [0.25, 0.3) is 25.8 Å². The lowest BCUT2D eigenvalue weighted by atomic mass is 10.2. The number of nitrogens with zero attached hydrogens (tertiary/aromatic N) is 3. The molecule has 3 rings (SSSR count). The molecule has 0 fully saturated rings. The standard InChI is InChI=1S/C17H13ClN4O9S2/c1-8-6-11(18)13(12(7-8)33(29,30)31)19-20-14-15(17(24)25)21-22(16(14)23)9-2-4-10(5-3-9)32(26,27)28/h2-7,21H,1H3,(H,24,25)(H,26,27,28)(H,29,30,31). The molecule has 0 spiro atoms. The maximum atomic E-state index is 12.8. The third-order valence-corrected chi connectivity index (χ3v) is 6.20. The summed E-state index contributed by atoms with van der Waals surface area (Å²) in [5.41, 5.74) is -2.66. The summed E-state index contributed by atoms with van der Waals surface area (Å²) in [5, 5.41) is 18.6. The average molecular weight is 517 g/mol.